The quantitative estimate of drug-likeness (QED) is 0.0575. The third-order valence-corrected chi connectivity index (χ3v) is 5.89. The number of rotatable bonds is 12. The van der Waals surface area contributed by atoms with Crippen molar-refractivity contribution in [1.29, 1.82) is 0 Å². The third-order valence-electron chi connectivity index (χ3n) is 5.13. The van der Waals surface area contributed by atoms with Crippen LogP contribution in [-0.2, 0) is 13.8 Å². The Morgan fingerprint density at radius 3 is 2.79 bits per heavy atom. The predicted octanol–water partition coefficient (Wildman–Crippen LogP) is -1.17. The summed E-state index contributed by atoms with van der Waals surface area (Å²) in [5.74, 6) is 0.477. The van der Waals surface area contributed by atoms with Crippen LogP contribution in [0.15, 0.2) is 11.3 Å². The van der Waals surface area contributed by atoms with Crippen LogP contribution in [0, 0.1) is 4.64 Å². The van der Waals surface area contributed by atoms with Gasteiger partial charge in [-0.05, 0) is 12.8 Å². The number of nitrogens with two attached hydrogens (primary N) is 2. The molecule has 1 fully saturated rings. The minimum Gasteiger partial charge on any atom is -0.756 e. The van der Waals surface area contributed by atoms with Gasteiger partial charge in [0.2, 0.25) is 5.95 Å². The average Bonchev–Trinajstić information content (AvgIpc) is 3.29. The van der Waals surface area contributed by atoms with Crippen LogP contribution in [-0.4, -0.2) is 78.6 Å². The summed E-state index contributed by atoms with van der Waals surface area (Å²) in [6, 6.07) is 0. The number of hydrogen-bond donors (Lipinski definition) is 7. The van der Waals surface area contributed by atoms with E-state index in [2.05, 4.69) is 29.8 Å². The van der Waals surface area contributed by atoms with E-state index in [-0.39, 0.29) is 10.6 Å². The summed E-state index contributed by atoms with van der Waals surface area (Å²) in [5, 5.41) is 23.8. The number of ether oxygens (including phenoxy) is 1. The Labute approximate surface area is 199 Å². The summed E-state index contributed by atoms with van der Waals surface area (Å²) >= 11 is 5.31. The Bertz CT molecular complexity index is 1100. The van der Waals surface area contributed by atoms with E-state index >= 15 is 0 Å². The number of phosphoric ester groups is 1. The Hall–Kier alpha value is -2.17. The second-order valence-electron chi connectivity index (χ2n) is 7.70. The first kappa shape index (κ1) is 26.4. The molecule has 0 aromatic carbocycles. The van der Waals surface area contributed by atoms with Crippen LogP contribution in [0.5, 0.6) is 0 Å². The lowest BCUT2D eigenvalue weighted by atomic mass is 10.1. The molecule has 0 radical (unpaired) electrons. The van der Waals surface area contributed by atoms with E-state index in [1.807, 2.05) is 0 Å². The van der Waals surface area contributed by atoms with Gasteiger partial charge in [0.15, 0.2) is 16.8 Å². The van der Waals surface area contributed by atoms with Crippen molar-refractivity contribution in [1.82, 2.24) is 19.5 Å². The van der Waals surface area contributed by atoms with Crippen LogP contribution >= 0.6 is 20.0 Å². The van der Waals surface area contributed by atoms with Crippen LogP contribution in [0.1, 0.15) is 31.9 Å². The highest BCUT2D eigenvalue weighted by molar-refractivity contribution is 7.71. The van der Waals surface area contributed by atoms with Crippen LogP contribution in [0.25, 0.3) is 11.2 Å². The van der Waals surface area contributed by atoms with Crippen molar-refractivity contribution in [3.8, 4) is 0 Å². The largest absolute Gasteiger partial charge is 0.756 e. The monoisotopic (exact) mass is 519 g/mol. The summed E-state index contributed by atoms with van der Waals surface area (Å²) in [6.07, 6.45) is -0.190. The standard InChI is InChI=1S/C17H29N8O7PS/c18-16(19)20-5-3-1-2-4-6-21-17-23-13-10(14(34)24-17)22-8-25(13)15-12(27)11(26)9(32-15)7-31-33(28,29)30/h8-9,11-12,15,26-27H,1-7H2,(H4,18,19,20)(H2,28,29,30)(H2,21,23,24,34)/p-1/t9-,11+,12?,15-/m1/s1. The number of phosphoric acid groups is 1. The molecule has 2 aromatic rings. The van der Waals surface area contributed by atoms with E-state index in [0.717, 1.165) is 25.7 Å². The maximum absolute atomic E-state index is 10.8. The Balaban J connectivity index is 1.63. The molecular formula is C17H28N8O7PS-. The molecule has 3 heterocycles. The molecule has 1 saturated heterocycles. The average molecular weight is 520 g/mol. The third kappa shape index (κ3) is 6.93. The molecule has 0 spiro atoms. The van der Waals surface area contributed by atoms with Crippen LogP contribution < -0.4 is 21.7 Å². The van der Waals surface area contributed by atoms with Gasteiger partial charge < -0.3 is 51.0 Å². The van der Waals surface area contributed by atoms with Crippen LogP contribution in [0.2, 0.25) is 0 Å². The number of aliphatic imine (C=N–C) groups is 1. The molecule has 190 valence electrons. The topological polar surface area (TPSA) is 242 Å². The molecule has 1 aliphatic heterocycles. The normalized spacial score (nSPS) is 24.2. The zero-order valence-corrected chi connectivity index (χ0v) is 19.8. The molecule has 15 nitrogen and oxygen atoms in total. The maximum Gasteiger partial charge on any atom is 0.265 e. The number of fused-ring (bicyclic) bond motifs is 1. The molecule has 5 atom stereocenters. The number of guanidine groups is 1. The molecule has 1 aliphatic rings. The second kappa shape index (κ2) is 11.5. The number of hydrogen-bond acceptors (Lipinski definition) is 11. The van der Waals surface area contributed by atoms with Crippen molar-refractivity contribution >= 4 is 43.1 Å². The molecule has 17 heteroatoms. The fraction of sp³-hybridized carbons (Fsp3) is 0.647. The number of nitrogens with zero attached hydrogens (tertiary/aromatic N) is 4. The number of aromatic nitrogens is 4. The first-order valence-corrected chi connectivity index (χ1v) is 12.4. The van der Waals surface area contributed by atoms with Crippen molar-refractivity contribution in [2.24, 2.45) is 16.5 Å². The summed E-state index contributed by atoms with van der Waals surface area (Å²) < 4.78 is 22.3. The molecule has 0 saturated carbocycles. The first-order valence-electron chi connectivity index (χ1n) is 10.5. The van der Waals surface area contributed by atoms with Gasteiger partial charge in [0, 0.05) is 13.1 Å². The van der Waals surface area contributed by atoms with Crippen molar-refractivity contribution in [3.05, 3.63) is 11.0 Å². The molecular weight excluding hydrogens is 491 g/mol. The minimum absolute atomic E-state index is 0.0879. The minimum atomic E-state index is -5.02. The van der Waals surface area contributed by atoms with Crippen molar-refractivity contribution in [2.45, 2.75) is 50.2 Å². The van der Waals surface area contributed by atoms with Crippen molar-refractivity contribution < 1.29 is 33.8 Å². The molecule has 34 heavy (non-hydrogen) atoms. The molecule has 0 aliphatic carbocycles. The number of aromatic amines is 1. The van der Waals surface area contributed by atoms with Gasteiger partial charge in [-0.25, -0.2) is 9.97 Å². The fourth-order valence-electron chi connectivity index (χ4n) is 3.48. The number of anilines is 1. The number of aliphatic hydroxyl groups is 2. The highest BCUT2D eigenvalue weighted by Crippen LogP contribution is 2.36. The number of unbranched alkanes of at least 4 members (excludes halogenated alkanes) is 3. The smallest absolute Gasteiger partial charge is 0.265 e. The lowest BCUT2D eigenvalue weighted by Gasteiger charge is -2.20. The van der Waals surface area contributed by atoms with E-state index in [1.54, 1.807) is 0 Å². The molecule has 9 N–H and O–H groups in total. The van der Waals surface area contributed by atoms with Crippen LogP contribution in [0.4, 0.5) is 5.95 Å². The van der Waals surface area contributed by atoms with E-state index in [9.17, 15) is 19.7 Å². The maximum atomic E-state index is 10.8. The van der Waals surface area contributed by atoms with E-state index < -0.39 is 39.0 Å². The molecule has 2 unspecified atom stereocenters. The Kier molecular flexibility index (Phi) is 8.95. The molecule has 0 bridgehead atoms. The highest BCUT2D eigenvalue weighted by atomic mass is 32.1. The molecule has 2 aromatic heterocycles. The summed E-state index contributed by atoms with van der Waals surface area (Å²) in [5.41, 5.74) is 11.3. The van der Waals surface area contributed by atoms with Crippen molar-refractivity contribution in [2.75, 3.05) is 25.0 Å². The number of aliphatic hydroxyl groups excluding tert-OH is 2. The van der Waals surface area contributed by atoms with E-state index in [0.29, 0.717) is 30.2 Å². The number of imidazole rings is 1. The Morgan fingerprint density at radius 1 is 1.35 bits per heavy atom. The van der Waals surface area contributed by atoms with Gasteiger partial charge >= 0.3 is 0 Å². The SMILES string of the molecule is NC(N)=NCCCCCCNc1nc(=S)c2ncn([C@@H]3O[C@H](COP(=O)([O-])O)[C@H](O)C3O)c2[nH]1. The lowest BCUT2D eigenvalue weighted by Crippen LogP contribution is -2.34. The Morgan fingerprint density at radius 2 is 2.09 bits per heavy atom. The van der Waals surface area contributed by atoms with Gasteiger partial charge in [0.25, 0.3) is 7.82 Å². The molecule has 3 rings (SSSR count). The van der Waals surface area contributed by atoms with Gasteiger partial charge in [0.1, 0.15) is 29.5 Å². The van der Waals surface area contributed by atoms with Gasteiger partial charge in [-0.3, -0.25) is 14.1 Å². The second-order valence-corrected chi connectivity index (χ2v) is 9.28. The zero-order chi connectivity index (χ0) is 24.9. The summed E-state index contributed by atoms with van der Waals surface area (Å²) in [6.45, 7) is 0.546. The fourth-order valence-corrected chi connectivity index (χ4v) is 4.06. The first-order chi connectivity index (χ1) is 16.1. The number of H-pyrrole nitrogens is 1. The summed E-state index contributed by atoms with van der Waals surface area (Å²) in [7, 11) is -5.02. The summed E-state index contributed by atoms with van der Waals surface area (Å²) in [4.78, 5) is 35.1. The lowest BCUT2D eigenvalue weighted by molar-refractivity contribution is -0.222. The van der Waals surface area contributed by atoms with Gasteiger partial charge in [-0.1, -0.05) is 25.1 Å². The predicted molar refractivity (Wildman–Crippen MR) is 122 cm³/mol. The van der Waals surface area contributed by atoms with E-state index in [1.165, 1.54) is 10.9 Å². The van der Waals surface area contributed by atoms with Gasteiger partial charge in [0.05, 0.1) is 12.9 Å². The van der Waals surface area contributed by atoms with Crippen LogP contribution in [0.3, 0.4) is 0 Å². The van der Waals surface area contributed by atoms with E-state index in [4.69, 9.17) is 33.3 Å². The van der Waals surface area contributed by atoms with Crippen molar-refractivity contribution in [3.63, 3.8) is 0 Å². The zero-order valence-electron chi connectivity index (χ0n) is 18.1. The number of nitrogens with one attached hydrogen (secondary N) is 2. The van der Waals surface area contributed by atoms with Gasteiger partial charge in [-0.15, -0.1) is 0 Å². The molecule has 0 amide bonds. The van der Waals surface area contributed by atoms with Gasteiger partial charge in [-0.2, -0.15) is 0 Å². The highest BCUT2D eigenvalue weighted by Gasteiger charge is 2.44.